The molecular formula is C20H30O3. The van der Waals surface area contributed by atoms with E-state index in [-0.39, 0.29) is 28.3 Å². The van der Waals surface area contributed by atoms with Gasteiger partial charge < -0.3 is 5.11 Å². The standard InChI is InChI=1S/C20H30O3/c1-7-19(5,23)9-8-15-13(2)16(22)10-17-18(3,4)11-14(21)12-20(15,17)6/h7,17,23H,1,8-12H2,2-6H3/t17-,19-,20+/m0/s1. The maximum Gasteiger partial charge on any atom is 0.158 e. The van der Waals surface area contributed by atoms with Crippen molar-refractivity contribution in [2.45, 2.75) is 72.3 Å². The molecule has 0 aromatic heterocycles. The van der Waals surface area contributed by atoms with Gasteiger partial charge >= 0.3 is 0 Å². The van der Waals surface area contributed by atoms with Crippen molar-refractivity contribution in [3.05, 3.63) is 23.8 Å². The average molecular weight is 318 g/mol. The van der Waals surface area contributed by atoms with Gasteiger partial charge in [0.1, 0.15) is 5.78 Å². The summed E-state index contributed by atoms with van der Waals surface area (Å²) in [7, 11) is 0. The van der Waals surface area contributed by atoms with E-state index in [4.69, 9.17) is 0 Å². The molecule has 0 bridgehead atoms. The Bertz CT molecular complexity index is 580. The van der Waals surface area contributed by atoms with Gasteiger partial charge in [-0.1, -0.05) is 32.4 Å². The van der Waals surface area contributed by atoms with Gasteiger partial charge in [0.15, 0.2) is 5.78 Å². The van der Waals surface area contributed by atoms with Gasteiger partial charge in [0.05, 0.1) is 5.60 Å². The van der Waals surface area contributed by atoms with Crippen LogP contribution in [-0.4, -0.2) is 22.3 Å². The van der Waals surface area contributed by atoms with Gasteiger partial charge in [0.25, 0.3) is 0 Å². The van der Waals surface area contributed by atoms with Crippen molar-refractivity contribution in [3.8, 4) is 0 Å². The lowest BCUT2D eigenvalue weighted by molar-refractivity contribution is -0.136. The molecule has 0 aliphatic heterocycles. The Kier molecular flexibility index (Phi) is 4.49. The first-order chi connectivity index (χ1) is 10.4. The maximum absolute atomic E-state index is 12.5. The number of ketones is 2. The van der Waals surface area contributed by atoms with E-state index < -0.39 is 5.60 Å². The van der Waals surface area contributed by atoms with Crippen LogP contribution in [0.15, 0.2) is 23.8 Å². The molecule has 0 saturated heterocycles. The normalized spacial score (nSPS) is 33.2. The molecule has 0 heterocycles. The highest BCUT2D eigenvalue weighted by molar-refractivity contribution is 5.98. The first-order valence-electron chi connectivity index (χ1n) is 8.54. The number of allylic oxidation sites excluding steroid dienone is 2. The average Bonchev–Trinajstić information content (AvgIpc) is 2.40. The molecule has 3 nitrogen and oxygen atoms in total. The van der Waals surface area contributed by atoms with Crippen molar-refractivity contribution in [2.24, 2.45) is 16.7 Å². The van der Waals surface area contributed by atoms with E-state index >= 15 is 0 Å². The predicted octanol–water partition coefficient (Wildman–Crippen LogP) is 4.00. The molecule has 0 radical (unpaired) electrons. The van der Waals surface area contributed by atoms with Crippen molar-refractivity contribution in [2.75, 3.05) is 0 Å². The highest BCUT2D eigenvalue weighted by Crippen LogP contribution is 2.58. The number of hydrogen-bond donors (Lipinski definition) is 1. The fourth-order valence-electron chi connectivity index (χ4n) is 4.80. The van der Waals surface area contributed by atoms with Crippen LogP contribution in [0.3, 0.4) is 0 Å². The monoisotopic (exact) mass is 318 g/mol. The molecule has 1 saturated carbocycles. The van der Waals surface area contributed by atoms with Crippen molar-refractivity contribution in [1.29, 1.82) is 0 Å². The SMILES string of the molecule is C=C[C@](C)(O)CCC1=C(C)C(=O)C[C@H]2C(C)(C)CC(=O)C[C@]12C. The van der Waals surface area contributed by atoms with Gasteiger partial charge in [-0.25, -0.2) is 0 Å². The molecule has 2 aliphatic carbocycles. The largest absolute Gasteiger partial charge is 0.386 e. The summed E-state index contributed by atoms with van der Waals surface area (Å²) in [5.74, 6) is 0.666. The third-order valence-electron chi connectivity index (χ3n) is 6.20. The lowest BCUT2D eigenvalue weighted by Crippen LogP contribution is -2.50. The molecule has 0 aromatic rings. The van der Waals surface area contributed by atoms with Crippen LogP contribution in [0.25, 0.3) is 0 Å². The molecule has 3 heteroatoms. The molecule has 2 rings (SSSR count). The van der Waals surface area contributed by atoms with Crippen molar-refractivity contribution < 1.29 is 14.7 Å². The zero-order chi connectivity index (χ0) is 17.6. The Balaban J connectivity index is 2.44. The zero-order valence-corrected chi connectivity index (χ0v) is 15.2. The summed E-state index contributed by atoms with van der Waals surface area (Å²) < 4.78 is 0. The Hall–Kier alpha value is -1.22. The molecule has 0 amide bonds. The van der Waals surface area contributed by atoms with E-state index in [0.717, 1.165) is 11.1 Å². The Morgan fingerprint density at radius 1 is 1.30 bits per heavy atom. The van der Waals surface area contributed by atoms with E-state index in [1.807, 2.05) is 6.92 Å². The maximum atomic E-state index is 12.5. The van der Waals surface area contributed by atoms with Crippen LogP contribution in [0, 0.1) is 16.7 Å². The van der Waals surface area contributed by atoms with Crippen LogP contribution >= 0.6 is 0 Å². The summed E-state index contributed by atoms with van der Waals surface area (Å²) in [6.45, 7) is 13.7. The second-order valence-corrected chi connectivity index (χ2v) is 8.64. The minimum atomic E-state index is -0.951. The van der Waals surface area contributed by atoms with E-state index in [9.17, 15) is 14.7 Å². The summed E-state index contributed by atoms with van der Waals surface area (Å²) in [6, 6.07) is 0. The van der Waals surface area contributed by atoms with Crippen LogP contribution < -0.4 is 0 Å². The fourth-order valence-corrected chi connectivity index (χ4v) is 4.80. The number of Topliss-reactive ketones (excluding diaryl/α,β-unsaturated/α-hetero) is 2. The van der Waals surface area contributed by atoms with E-state index in [1.165, 1.54) is 0 Å². The minimum Gasteiger partial charge on any atom is -0.386 e. The van der Waals surface area contributed by atoms with Crippen molar-refractivity contribution in [1.82, 2.24) is 0 Å². The Morgan fingerprint density at radius 2 is 1.91 bits per heavy atom. The molecule has 1 fully saturated rings. The third kappa shape index (κ3) is 3.21. The molecule has 0 spiro atoms. The third-order valence-corrected chi connectivity index (χ3v) is 6.20. The second-order valence-electron chi connectivity index (χ2n) is 8.64. The lowest BCUT2D eigenvalue weighted by Gasteiger charge is -2.54. The molecular weight excluding hydrogens is 288 g/mol. The van der Waals surface area contributed by atoms with E-state index in [1.54, 1.807) is 13.0 Å². The summed E-state index contributed by atoms with van der Waals surface area (Å²) in [5.41, 5.74) is 0.491. The molecule has 0 unspecified atom stereocenters. The summed E-state index contributed by atoms with van der Waals surface area (Å²) >= 11 is 0. The molecule has 3 atom stereocenters. The van der Waals surface area contributed by atoms with E-state index in [2.05, 4.69) is 27.4 Å². The van der Waals surface area contributed by atoms with Crippen molar-refractivity contribution >= 4 is 11.6 Å². The van der Waals surface area contributed by atoms with Crippen LogP contribution in [-0.2, 0) is 9.59 Å². The molecule has 23 heavy (non-hydrogen) atoms. The Morgan fingerprint density at radius 3 is 2.48 bits per heavy atom. The van der Waals surface area contributed by atoms with Crippen LogP contribution in [0.1, 0.15) is 66.7 Å². The van der Waals surface area contributed by atoms with Gasteiger partial charge in [0, 0.05) is 19.3 Å². The molecule has 128 valence electrons. The highest BCUT2D eigenvalue weighted by atomic mass is 16.3. The van der Waals surface area contributed by atoms with Gasteiger partial charge in [-0.15, -0.1) is 6.58 Å². The van der Waals surface area contributed by atoms with Gasteiger partial charge in [0.2, 0.25) is 0 Å². The summed E-state index contributed by atoms with van der Waals surface area (Å²) in [6.07, 6.45) is 4.29. The zero-order valence-electron chi connectivity index (χ0n) is 15.2. The quantitative estimate of drug-likeness (QED) is 0.797. The van der Waals surface area contributed by atoms with Crippen LogP contribution in [0.2, 0.25) is 0 Å². The topological polar surface area (TPSA) is 54.4 Å². The first kappa shape index (κ1) is 18.1. The summed E-state index contributed by atoms with van der Waals surface area (Å²) in [5, 5.41) is 10.2. The lowest BCUT2D eigenvalue weighted by atomic mass is 9.49. The molecule has 2 aliphatic rings. The number of carbonyl (C=O) groups is 2. The first-order valence-corrected chi connectivity index (χ1v) is 8.54. The highest BCUT2D eigenvalue weighted by Gasteiger charge is 2.54. The number of carbonyl (C=O) groups excluding carboxylic acids is 2. The van der Waals surface area contributed by atoms with Crippen LogP contribution in [0.4, 0.5) is 0 Å². The smallest absolute Gasteiger partial charge is 0.158 e. The summed E-state index contributed by atoms with van der Waals surface area (Å²) in [4.78, 5) is 24.9. The van der Waals surface area contributed by atoms with Crippen LogP contribution in [0.5, 0.6) is 0 Å². The number of rotatable bonds is 4. The minimum absolute atomic E-state index is 0.160. The molecule has 1 N–H and O–H groups in total. The number of hydrogen-bond acceptors (Lipinski definition) is 3. The van der Waals surface area contributed by atoms with E-state index in [0.29, 0.717) is 32.1 Å². The van der Waals surface area contributed by atoms with Gasteiger partial charge in [-0.05, 0) is 49.0 Å². The number of fused-ring (bicyclic) bond motifs is 1. The van der Waals surface area contributed by atoms with Crippen molar-refractivity contribution in [3.63, 3.8) is 0 Å². The fraction of sp³-hybridized carbons (Fsp3) is 0.700. The molecule has 0 aromatic carbocycles. The second kappa shape index (κ2) is 5.70. The predicted molar refractivity (Wildman–Crippen MR) is 92.0 cm³/mol. The van der Waals surface area contributed by atoms with Gasteiger partial charge in [-0.3, -0.25) is 9.59 Å². The Labute approximate surface area is 139 Å². The number of aliphatic hydroxyl groups is 1. The van der Waals surface area contributed by atoms with Gasteiger partial charge in [-0.2, -0.15) is 0 Å².